The highest BCUT2D eigenvalue weighted by molar-refractivity contribution is 5.97. The van der Waals surface area contributed by atoms with E-state index in [1.165, 1.54) is 18.2 Å². The first-order valence-corrected chi connectivity index (χ1v) is 10.5. The molecule has 3 rings (SSSR count). The van der Waals surface area contributed by atoms with Crippen molar-refractivity contribution in [3.63, 3.8) is 0 Å². The van der Waals surface area contributed by atoms with E-state index in [0.717, 1.165) is 10.5 Å². The molecule has 1 aliphatic rings. The summed E-state index contributed by atoms with van der Waals surface area (Å²) in [5.74, 6) is -2.75. The number of phenols is 1. The van der Waals surface area contributed by atoms with Crippen molar-refractivity contribution in [2.75, 3.05) is 6.73 Å². The highest BCUT2D eigenvalue weighted by Gasteiger charge is 2.50. The Kier molecular flexibility index (Phi) is 7.04. The molecular weight excluding hydrogens is 428 g/mol. The molecule has 1 heterocycles. The van der Waals surface area contributed by atoms with Crippen molar-refractivity contribution >= 4 is 17.8 Å². The lowest BCUT2D eigenvalue weighted by molar-refractivity contribution is -0.154. The van der Waals surface area contributed by atoms with Gasteiger partial charge in [-0.2, -0.15) is 0 Å². The van der Waals surface area contributed by atoms with E-state index < -0.39 is 41.6 Å². The number of carboxylic acids is 1. The number of aromatic hydroxyl groups is 1. The molecule has 0 bridgehead atoms. The molecule has 3 atom stereocenters. The molecular formula is C24H28N2O7. The zero-order valence-corrected chi connectivity index (χ0v) is 18.7. The van der Waals surface area contributed by atoms with Gasteiger partial charge in [-0.25, -0.2) is 4.79 Å². The molecule has 1 saturated heterocycles. The van der Waals surface area contributed by atoms with E-state index in [2.05, 4.69) is 5.32 Å². The molecule has 0 saturated carbocycles. The van der Waals surface area contributed by atoms with Gasteiger partial charge in [-0.3, -0.25) is 9.59 Å². The van der Waals surface area contributed by atoms with E-state index in [-0.39, 0.29) is 24.5 Å². The smallest absolute Gasteiger partial charge is 0.329 e. The number of benzene rings is 2. The van der Waals surface area contributed by atoms with Crippen LogP contribution >= 0.6 is 0 Å². The van der Waals surface area contributed by atoms with Crippen LogP contribution in [-0.4, -0.2) is 68.5 Å². The average Bonchev–Trinajstić information content (AvgIpc) is 3.10. The zero-order chi connectivity index (χ0) is 24.3. The van der Waals surface area contributed by atoms with Crippen LogP contribution in [0.4, 0.5) is 0 Å². The van der Waals surface area contributed by atoms with Crippen molar-refractivity contribution < 1.29 is 34.4 Å². The van der Waals surface area contributed by atoms with Gasteiger partial charge in [0.2, 0.25) is 0 Å². The molecule has 2 aromatic rings. The number of nitrogens with one attached hydrogen (secondary N) is 1. The summed E-state index contributed by atoms with van der Waals surface area (Å²) in [6.45, 7) is 4.40. The zero-order valence-electron chi connectivity index (χ0n) is 18.7. The molecule has 33 heavy (non-hydrogen) atoms. The number of carbonyl (C=O) groups is 3. The number of aliphatic hydroxyl groups excluding tert-OH is 1. The fraction of sp³-hybridized carbons (Fsp3) is 0.375. The molecule has 2 aromatic carbocycles. The summed E-state index contributed by atoms with van der Waals surface area (Å²) in [4.78, 5) is 38.9. The highest BCUT2D eigenvalue weighted by Crippen LogP contribution is 2.29. The van der Waals surface area contributed by atoms with Crippen LogP contribution in [0.5, 0.6) is 5.75 Å². The number of rotatable bonds is 7. The summed E-state index contributed by atoms with van der Waals surface area (Å²) in [6, 6.07) is 11.1. The topological polar surface area (TPSA) is 136 Å². The second-order valence-corrected chi connectivity index (χ2v) is 8.59. The van der Waals surface area contributed by atoms with Gasteiger partial charge in [0.1, 0.15) is 12.5 Å². The number of amides is 2. The number of aliphatic hydroxyl groups is 1. The Morgan fingerprint density at radius 1 is 1.15 bits per heavy atom. The number of carboxylic acid groups (broad SMARTS) is 1. The molecule has 1 aliphatic heterocycles. The average molecular weight is 456 g/mol. The van der Waals surface area contributed by atoms with Crippen molar-refractivity contribution in [3.8, 4) is 5.75 Å². The third-order valence-corrected chi connectivity index (χ3v) is 5.86. The summed E-state index contributed by atoms with van der Waals surface area (Å²) < 4.78 is 5.47. The molecule has 0 aliphatic carbocycles. The largest absolute Gasteiger partial charge is 0.508 e. The normalized spacial score (nSPS) is 19.0. The van der Waals surface area contributed by atoms with E-state index >= 15 is 0 Å². The lowest BCUT2D eigenvalue weighted by atomic mass is 9.96. The maximum Gasteiger partial charge on any atom is 0.329 e. The number of nitrogens with zero attached hydrogens (tertiary/aromatic N) is 1. The number of hydrogen-bond donors (Lipinski definition) is 4. The minimum atomic E-state index is -1.73. The lowest BCUT2D eigenvalue weighted by Crippen LogP contribution is -2.57. The summed E-state index contributed by atoms with van der Waals surface area (Å²) in [5, 5.41) is 33.2. The maximum atomic E-state index is 13.2. The van der Waals surface area contributed by atoms with E-state index in [0.29, 0.717) is 5.56 Å². The molecule has 0 aromatic heterocycles. The van der Waals surface area contributed by atoms with E-state index in [4.69, 9.17) is 4.74 Å². The Labute approximate surface area is 191 Å². The number of aliphatic carboxylic acids is 1. The van der Waals surface area contributed by atoms with Crippen molar-refractivity contribution in [1.82, 2.24) is 10.2 Å². The van der Waals surface area contributed by atoms with Crippen LogP contribution in [0.2, 0.25) is 0 Å². The third kappa shape index (κ3) is 5.15. The summed E-state index contributed by atoms with van der Waals surface area (Å²) in [6.07, 6.45) is -1.61. The van der Waals surface area contributed by atoms with Gasteiger partial charge in [-0.05, 0) is 44.9 Å². The minimum absolute atomic E-state index is 0.0559. The molecule has 4 N–H and O–H groups in total. The van der Waals surface area contributed by atoms with Crippen molar-refractivity contribution in [2.45, 2.75) is 51.0 Å². The maximum absolute atomic E-state index is 13.2. The number of phenolic OH excluding ortho intramolecular Hbond substituents is 1. The van der Waals surface area contributed by atoms with Gasteiger partial charge in [-0.15, -0.1) is 0 Å². The van der Waals surface area contributed by atoms with Crippen LogP contribution in [0.1, 0.15) is 35.3 Å². The Hall–Kier alpha value is -3.43. The van der Waals surface area contributed by atoms with Gasteiger partial charge >= 0.3 is 5.97 Å². The van der Waals surface area contributed by atoms with E-state index in [1.54, 1.807) is 45.0 Å². The summed E-state index contributed by atoms with van der Waals surface area (Å²) in [5.41, 5.74) is 0.171. The van der Waals surface area contributed by atoms with E-state index in [1.807, 2.05) is 6.07 Å². The fourth-order valence-electron chi connectivity index (χ4n) is 3.95. The molecule has 9 nitrogen and oxygen atoms in total. The van der Waals surface area contributed by atoms with E-state index in [9.17, 15) is 29.7 Å². The third-order valence-electron chi connectivity index (χ3n) is 5.86. The number of hydrogen-bond acceptors (Lipinski definition) is 6. The number of carbonyl (C=O) groups excluding carboxylic acids is 2. The Morgan fingerprint density at radius 3 is 2.45 bits per heavy atom. The highest BCUT2D eigenvalue weighted by atomic mass is 16.5. The quantitative estimate of drug-likeness (QED) is 0.495. The van der Waals surface area contributed by atoms with Gasteiger partial charge in [0.15, 0.2) is 12.1 Å². The number of ether oxygens (including phenoxy) is 1. The predicted molar refractivity (Wildman–Crippen MR) is 119 cm³/mol. The van der Waals surface area contributed by atoms with Gasteiger partial charge in [0, 0.05) is 11.1 Å². The van der Waals surface area contributed by atoms with Crippen LogP contribution in [-0.2, 0) is 20.7 Å². The predicted octanol–water partition coefficient (Wildman–Crippen LogP) is 1.45. The first kappa shape index (κ1) is 24.2. The van der Waals surface area contributed by atoms with Crippen LogP contribution in [0.3, 0.4) is 0 Å². The lowest BCUT2D eigenvalue weighted by Gasteiger charge is -2.30. The van der Waals surface area contributed by atoms with Crippen LogP contribution in [0.15, 0.2) is 48.5 Å². The Morgan fingerprint density at radius 2 is 1.82 bits per heavy atom. The fourth-order valence-corrected chi connectivity index (χ4v) is 3.95. The second kappa shape index (κ2) is 9.60. The first-order valence-electron chi connectivity index (χ1n) is 10.5. The molecule has 9 heteroatoms. The van der Waals surface area contributed by atoms with Crippen molar-refractivity contribution in [1.29, 1.82) is 0 Å². The van der Waals surface area contributed by atoms with Crippen LogP contribution in [0.25, 0.3) is 0 Å². The minimum Gasteiger partial charge on any atom is -0.508 e. The molecule has 2 amide bonds. The molecule has 176 valence electrons. The second-order valence-electron chi connectivity index (χ2n) is 8.59. The Balaban J connectivity index is 1.88. The monoisotopic (exact) mass is 456 g/mol. The van der Waals surface area contributed by atoms with Gasteiger partial charge < -0.3 is 30.3 Å². The first-order chi connectivity index (χ1) is 15.5. The molecule has 0 spiro atoms. The van der Waals surface area contributed by atoms with Crippen LogP contribution in [0, 0.1) is 6.92 Å². The standard InChI is InChI=1S/C24H28N2O7/c1-14-16(10-7-11-18(14)27)21(29)25-17(12-15-8-5-4-6-9-15)19(28)22(30)26-13-33-24(2,3)20(26)23(31)32/h4-11,17,19-20,27-28H,12-13H2,1-3H3,(H,25,29)(H,31,32)/t17-,19-,20+/m0/s1. The van der Waals surface area contributed by atoms with Crippen molar-refractivity contribution in [2.24, 2.45) is 0 Å². The molecule has 0 radical (unpaired) electrons. The molecule has 0 unspecified atom stereocenters. The molecule has 1 fully saturated rings. The summed E-state index contributed by atoms with van der Waals surface area (Å²) >= 11 is 0. The van der Waals surface area contributed by atoms with Crippen LogP contribution < -0.4 is 5.32 Å². The van der Waals surface area contributed by atoms with Gasteiger partial charge in [0.05, 0.1) is 11.6 Å². The SMILES string of the molecule is Cc1c(O)cccc1C(=O)N[C@@H](Cc1ccccc1)[C@H](O)C(=O)N1COC(C)(C)[C@H]1C(=O)O. The van der Waals surface area contributed by atoms with Gasteiger partial charge in [-0.1, -0.05) is 36.4 Å². The summed E-state index contributed by atoms with van der Waals surface area (Å²) in [7, 11) is 0. The Bertz CT molecular complexity index is 1040. The van der Waals surface area contributed by atoms with Gasteiger partial charge in [0.25, 0.3) is 11.8 Å². The van der Waals surface area contributed by atoms with Crippen molar-refractivity contribution in [3.05, 3.63) is 65.2 Å².